The summed E-state index contributed by atoms with van der Waals surface area (Å²) in [6.45, 7) is 4.94. The summed E-state index contributed by atoms with van der Waals surface area (Å²) in [4.78, 5) is 11.7. The molecule has 0 aromatic carbocycles. The Morgan fingerprint density at radius 1 is 1.40 bits per heavy atom. The Bertz CT molecular complexity index is 171. The molecular formula is C12H25NO2. The number of hydrogen-bond donors (Lipinski definition) is 1. The fraction of sp³-hybridized carbons (Fsp3) is 0.917. The van der Waals surface area contributed by atoms with Crippen molar-refractivity contribution in [2.45, 2.75) is 52.0 Å². The summed E-state index contributed by atoms with van der Waals surface area (Å²) in [5.74, 6) is 0.669. The number of ketones is 1. The average Bonchev–Trinajstić information content (AvgIpc) is 2.18. The van der Waals surface area contributed by atoms with E-state index in [1.54, 1.807) is 7.11 Å². The van der Waals surface area contributed by atoms with Gasteiger partial charge in [0.1, 0.15) is 5.78 Å². The number of nitrogens with two attached hydrogens (primary N) is 1. The molecule has 0 bridgehead atoms. The molecule has 2 N–H and O–H groups in total. The van der Waals surface area contributed by atoms with E-state index in [1.165, 1.54) is 0 Å². The van der Waals surface area contributed by atoms with Gasteiger partial charge in [-0.25, -0.2) is 0 Å². The third-order valence-corrected chi connectivity index (χ3v) is 2.61. The number of carbonyl (C=O) groups is 1. The molecule has 0 aliphatic rings. The van der Waals surface area contributed by atoms with E-state index >= 15 is 0 Å². The molecule has 0 radical (unpaired) electrons. The van der Waals surface area contributed by atoms with Crippen LogP contribution in [-0.4, -0.2) is 25.5 Å². The molecule has 0 aromatic heterocycles. The van der Waals surface area contributed by atoms with Gasteiger partial charge in [-0.2, -0.15) is 0 Å². The number of carbonyl (C=O) groups excluding carboxylic acids is 1. The second-order valence-electron chi connectivity index (χ2n) is 4.31. The van der Waals surface area contributed by atoms with Crippen molar-refractivity contribution in [1.29, 1.82) is 0 Å². The van der Waals surface area contributed by atoms with Crippen LogP contribution in [0.1, 0.15) is 46.0 Å². The summed E-state index contributed by atoms with van der Waals surface area (Å²) < 4.78 is 4.92. The lowest BCUT2D eigenvalue weighted by Crippen LogP contribution is -2.31. The fourth-order valence-electron chi connectivity index (χ4n) is 1.70. The van der Waals surface area contributed by atoms with E-state index in [0.29, 0.717) is 18.9 Å². The summed E-state index contributed by atoms with van der Waals surface area (Å²) in [6, 6.07) is -0.292. The molecule has 0 aromatic rings. The SMILES string of the molecule is CCCC(C)CC(=O)C(N)CCCOC. The highest BCUT2D eigenvalue weighted by Crippen LogP contribution is 2.12. The lowest BCUT2D eigenvalue weighted by atomic mass is 9.95. The molecule has 3 heteroatoms. The van der Waals surface area contributed by atoms with Gasteiger partial charge in [-0.1, -0.05) is 26.7 Å². The second-order valence-corrected chi connectivity index (χ2v) is 4.31. The normalized spacial score (nSPS) is 14.9. The molecule has 2 atom stereocenters. The van der Waals surface area contributed by atoms with Crippen molar-refractivity contribution in [2.75, 3.05) is 13.7 Å². The van der Waals surface area contributed by atoms with Crippen LogP contribution in [0.3, 0.4) is 0 Å². The van der Waals surface area contributed by atoms with Crippen molar-refractivity contribution in [3.8, 4) is 0 Å². The molecule has 0 saturated carbocycles. The van der Waals surface area contributed by atoms with Gasteiger partial charge in [0, 0.05) is 20.1 Å². The van der Waals surface area contributed by atoms with Gasteiger partial charge in [0.05, 0.1) is 6.04 Å². The standard InChI is InChI=1S/C12H25NO2/c1-4-6-10(2)9-12(14)11(13)7-5-8-15-3/h10-11H,4-9,13H2,1-3H3. The summed E-state index contributed by atoms with van der Waals surface area (Å²) >= 11 is 0. The number of Topliss-reactive ketones (excluding diaryl/α,β-unsaturated/α-hetero) is 1. The van der Waals surface area contributed by atoms with E-state index in [9.17, 15) is 4.79 Å². The third-order valence-electron chi connectivity index (χ3n) is 2.61. The third kappa shape index (κ3) is 7.51. The van der Waals surface area contributed by atoms with Gasteiger partial charge in [0.15, 0.2) is 0 Å². The van der Waals surface area contributed by atoms with Gasteiger partial charge in [-0.05, 0) is 18.8 Å². The first-order valence-electron chi connectivity index (χ1n) is 5.89. The monoisotopic (exact) mass is 215 g/mol. The van der Waals surface area contributed by atoms with Crippen molar-refractivity contribution in [2.24, 2.45) is 11.7 Å². The highest BCUT2D eigenvalue weighted by atomic mass is 16.5. The largest absolute Gasteiger partial charge is 0.385 e. The Hall–Kier alpha value is -0.410. The van der Waals surface area contributed by atoms with Crippen LogP contribution in [0.25, 0.3) is 0 Å². The maximum Gasteiger partial charge on any atom is 0.149 e. The molecule has 15 heavy (non-hydrogen) atoms. The van der Waals surface area contributed by atoms with Crippen LogP contribution in [0.15, 0.2) is 0 Å². The highest BCUT2D eigenvalue weighted by Gasteiger charge is 2.15. The lowest BCUT2D eigenvalue weighted by Gasteiger charge is -2.13. The Morgan fingerprint density at radius 2 is 2.07 bits per heavy atom. The maximum absolute atomic E-state index is 11.7. The van der Waals surface area contributed by atoms with Gasteiger partial charge < -0.3 is 10.5 Å². The van der Waals surface area contributed by atoms with Crippen molar-refractivity contribution >= 4 is 5.78 Å². The van der Waals surface area contributed by atoms with Crippen LogP contribution in [0, 0.1) is 5.92 Å². The van der Waals surface area contributed by atoms with E-state index in [0.717, 1.165) is 25.7 Å². The summed E-state index contributed by atoms with van der Waals surface area (Å²) in [5, 5.41) is 0. The number of hydrogen-bond acceptors (Lipinski definition) is 3. The van der Waals surface area contributed by atoms with Crippen molar-refractivity contribution < 1.29 is 9.53 Å². The predicted octanol–water partition coefficient (Wildman–Crippen LogP) is 2.14. The van der Waals surface area contributed by atoms with E-state index in [2.05, 4.69) is 13.8 Å². The number of methoxy groups -OCH3 is 1. The quantitative estimate of drug-likeness (QED) is 0.599. The van der Waals surface area contributed by atoms with Crippen LogP contribution in [-0.2, 0) is 9.53 Å². The van der Waals surface area contributed by atoms with Crippen LogP contribution in [0.5, 0.6) is 0 Å². The fourth-order valence-corrected chi connectivity index (χ4v) is 1.70. The molecule has 0 saturated heterocycles. The molecule has 3 nitrogen and oxygen atoms in total. The molecule has 0 spiro atoms. The van der Waals surface area contributed by atoms with Crippen molar-refractivity contribution in [1.82, 2.24) is 0 Å². The molecule has 2 unspecified atom stereocenters. The summed E-state index contributed by atoms with van der Waals surface area (Å²) in [6.07, 6.45) is 4.48. The Kier molecular flexibility index (Phi) is 8.62. The molecular weight excluding hydrogens is 190 g/mol. The first-order valence-corrected chi connectivity index (χ1v) is 5.89. The maximum atomic E-state index is 11.7. The van der Waals surface area contributed by atoms with Crippen LogP contribution >= 0.6 is 0 Å². The molecule has 0 aliphatic heterocycles. The zero-order valence-corrected chi connectivity index (χ0v) is 10.3. The van der Waals surface area contributed by atoms with Gasteiger partial charge in [-0.3, -0.25) is 4.79 Å². The molecule has 90 valence electrons. The first-order chi connectivity index (χ1) is 7.11. The van der Waals surface area contributed by atoms with Gasteiger partial charge >= 0.3 is 0 Å². The first kappa shape index (κ1) is 14.6. The summed E-state index contributed by atoms with van der Waals surface area (Å²) in [5.41, 5.74) is 5.80. The summed E-state index contributed by atoms with van der Waals surface area (Å²) in [7, 11) is 1.66. The van der Waals surface area contributed by atoms with Gasteiger partial charge in [-0.15, -0.1) is 0 Å². The van der Waals surface area contributed by atoms with Crippen molar-refractivity contribution in [3.05, 3.63) is 0 Å². The Balaban J connectivity index is 3.68. The minimum absolute atomic E-state index is 0.201. The van der Waals surface area contributed by atoms with E-state index in [-0.39, 0.29) is 11.8 Å². The van der Waals surface area contributed by atoms with E-state index < -0.39 is 0 Å². The second kappa shape index (κ2) is 8.86. The molecule has 0 amide bonds. The average molecular weight is 215 g/mol. The van der Waals surface area contributed by atoms with Crippen LogP contribution in [0.2, 0.25) is 0 Å². The smallest absolute Gasteiger partial charge is 0.149 e. The zero-order chi connectivity index (χ0) is 11.7. The van der Waals surface area contributed by atoms with Gasteiger partial charge in [0.2, 0.25) is 0 Å². The molecule has 0 fully saturated rings. The van der Waals surface area contributed by atoms with Gasteiger partial charge in [0.25, 0.3) is 0 Å². The minimum atomic E-state index is -0.292. The predicted molar refractivity (Wildman–Crippen MR) is 62.8 cm³/mol. The Morgan fingerprint density at radius 3 is 2.60 bits per heavy atom. The minimum Gasteiger partial charge on any atom is -0.385 e. The van der Waals surface area contributed by atoms with Crippen LogP contribution in [0.4, 0.5) is 0 Å². The van der Waals surface area contributed by atoms with Crippen LogP contribution < -0.4 is 5.73 Å². The number of rotatable bonds is 9. The zero-order valence-electron chi connectivity index (χ0n) is 10.3. The Labute approximate surface area is 93.4 Å². The highest BCUT2D eigenvalue weighted by molar-refractivity contribution is 5.83. The van der Waals surface area contributed by atoms with E-state index in [4.69, 9.17) is 10.5 Å². The topological polar surface area (TPSA) is 52.3 Å². The molecule has 0 aliphatic carbocycles. The number of ether oxygens (including phenoxy) is 1. The molecule has 0 rings (SSSR count). The van der Waals surface area contributed by atoms with Crippen molar-refractivity contribution in [3.63, 3.8) is 0 Å². The lowest BCUT2D eigenvalue weighted by molar-refractivity contribution is -0.121. The van der Waals surface area contributed by atoms with E-state index in [1.807, 2.05) is 0 Å². The molecule has 0 heterocycles.